The highest BCUT2D eigenvalue weighted by Gasteiger charge is 2.17. The molecule has 1 aliphatic rings. The van der Waals surface area contributed by atoms with Crippen molar-refractivity contribution in [2.45, 2.75) is 19.8 Å². The molecule has 0 saturated carbocycles. The van der Waals surface area contributed by atoms with E-state index in [9.17, 15) is 4.79 Å². The molecule has 0 bridgehead atoms. The van der Waals surface area contributed by atoms with Gasteiger partial charge in [-0.3, -0.25) is 0 Å². The van der Waals surface area contributed by atoms with Crippen molar-refractivity contribution < 1.29 is 14.3 Å². The molecule has 0 aromatic heterocycles. The summed E-state index contributed by atoms with van der Waals surface area (Å²) in [6, 6.07) is 7.27. The number of hydrogen-bond acceptors (Lipinski definition) is 4. The molecule has 1 fully saturated rings. The Bertz CT molecular complexity index is 419. The average molecular weight is 300 g/mol. The number of halogens is 1. The summed E-state index contributed by atoms with van der Waals surface area (Å²) < 4.78 is 10.8. The van der Waals surface area contributed by atoms with Gasteiger partial charge >= 0.3 is 5.97 Å². The zero-order valence-corrected chi connectivity index (χ0v) is 12.6. The first-order valence-electron chi connectivity index (χ1n) is 6.91. The molecular formula is C15H22ClNO3. The number of para-hydroxylation sites is 1. The topological polar surface area (TPSA) is 47.6 Å². The first kappa shape index (κ1) is 16.8. The quantitative estimate of drug-likeness (QED) is 0.849. The number of piperidine rings is 1. The third kappa shape index (κ3) is 4.69. The highest BCUT2D eigenvalue weighted by atomic mass is 35.5. The average Bonchev–Trinajstić information content (AvgIpc) is 2.47. The van der Waals surface area contributed by atoms with Crippen molar-refractivity contribution in [3.05, 3.63) is 29.8 Å². The van der Waals surface area contributed by atoms with Crippen LogP contribution in [0.25, 0.3) is 0 Å². The van der Waals surface area contributed by atoms with Crippen LogP contribution in [0.5, 0.6) is 5.75 Å². The maximum Gasteiger partial charge on any atom is 0.341 e. The Morgan fingerprint density at radius 1 is 1.30 bits per heavy atom. The Morgan fingerprint density at radius 3 is 2.70 bits per heavy atom. The molecule has 1 N–H and O–H groups in total. The van der Waals surface area contributed by atoms with E-state index >= 15 is 0 Å². The highest BCUT2D eigenvalue weighted by Crippen LogP contribution is 2.21. The van der Waals surface area contributed by atoms with Gasteiger partial charge in [0.1, 0.15) is 11.3 Å². The van der Waals surface area contributed by atoms with Gasteiger partial charge in [0.2, 0.25) is 0 Å². The number of ether oxygens (including phenoxy) is 2. The van der Waals surface area contributed by atoms with Crippen LogP contribution in [0.15, 0.2) is 24.3 Å². The first-order valence-corrected chi connectivity index (χ1v) is 6.91. The summed E-state index contributed by atoms with van der Waals surface area (Å²) in [6.07, 6.45) is 2.25. The van der Waals surface area contributed by atoms with Crippen molar-refractivity contribution in [3.63, 3.8) is 0 Å². The lowest BCUT2D eigenvalue weighted by molar-refractivity contribution is 0.0520. The van der Waals surface area contributed by atoms with E-state index in [0.29, 0.717) is 30.4 Å². The van der Waals surface area contributed by atoms with Gasteiger partial charge in [-0.1, -0.05) is 12.1 Å². The Balaban J connectivity index is 0.00000200. The van der Waals surface area contributed by atoms with Crippen molar-refractivity contribution in [2.75, 3.05) is 26.3 Å². The molecule has 0 amide bonds. The SMILES string of the molecule is CCOC(=O)c1ccccc1OCC1CCNCC1.Cl. The fourth-order valence-electron chi connectivity index (χ4n) is 2.23. The number of rotatable bonds is 5. The minimum absolute atomic E-state index is 0. The molecule has 1 aliphatic heterocycles. The molecule has 0 radical (unpaired) electrons. The second-order valence-electron chi connectivity index (χ2n) is 4.72. The van der Waals surface area contributed by atoms with E-state index in [1.807, 2.05) is 18.2 Å². The second kappa shape index (κ2) is 8.82. The zero-order chi connectivity index (χ0) is 13.5. The van der Waals surface area contributed by atoms with Crippen molar-refractivity contribution in [3.8, 4) is 5.75 Å². The van der Waals surface area contributed by atoms with Crippen LogP contribution in [0.3, 0.4) is 0 Å². The van der Waals surface area contributed by atoms with Crippen molar-refractivity contribution >= 4 is 18.4 Å². The van der Waals surface area contributed by atoms with E-state index in [1.165, 1.54) is 0 Å². The predicted molar refractivity (Wildman–Crippen MR) is 80.7 cm³/mol. The molecule has 0 spiro atoms. The largest absolute Gasteiger partial charge is 0.492 e. The van der Waals surface area contributed by atoms with Gasteiger partial charge in [0, 0.05) is 0 Å². The van der Waals surface area contributed by atoms with Crippen molar-refractivity contribution in [1.82, 2.24) is 5.32 Å². The lowest BCUT2D eigenvalue weighted by atomic mass is 9.99. The monoisotopic (exact) mass is 299 g/mol. The normalized spacial score (nSPS) is 15.2. The smallest absolute Gasteiger partial charge is 0.341 e. The van der Waals surface area contributed by atoms with Crippen LogP contribution in [0.1, 0.15) is 30.1 Å². The molecule has 20 heavy (non-hydrogen) atoms. The Morgan fingerprint density at radius 2 is 2.00 bits per heavy atom. The standard InChI is InChI=1S/C15H21NO3.ClH/c1-2-18-15(17)13-5-3-4-6-14(13)19-11-12-7-9-16-10-8-12;/h3-6,12,16H,2,7-11H2,1H3;1H. The summed E-state index contributed by atoms with van der Waals surface area (Å²) in [4.78, 5) is 11.8. The van der Waals surface area contributed by atoms with Gasteiger partial charge in [-0.15, -0.1) is 12.4 Å². The highest BCUT2D eigenvalue weighted by molar-refractivity contribution is 5.92. The fourth-order valence-corrected chi connectivity index (χ4v) is 2.23. The Hall–Kier alpha value is -1.26. The number of carbonyl (C=O) groups is 1. The first-order chi connectivity index (χ1) is 9.31. The second-order valence-corrected chi connectivity index (χ2v) is 4.72. The molecule has 0 unspecified atom stereocenters. The van der Waals surface area contributed by atoms with E-state index in [1.54, 1.807) is 13.0 Å². The van der Waals surface area contributed by atoms with Crippen LogP contribution in [0.4, 0.5) is 0 Å². The van der Waals surface area contributed by atoms with Crippen LogP contribution in [-0.2, 0) is 4.74 Å². The van der Waals surface area contributed by atoms with Crippen LogP contribution >= 0.6 is 12.4 Å². The number of esters is 1. The minimum Gasteiger partial charge on any atom is -0.492 e. The minimum atomic E-state index is -0.316. The maximum atomic E-state index is 11.8. The molecule has 0 atom stereocenters. The van der Waals surface area contributed by atoms with Crippen molar-refractivity contribution in [2.24, 2.45) is 5.92 Å². The lowest BCUT2D eigenvalue weighted by Crippen LogP contribution is -2.30. The molecule has 4 nitrogen and oxygen atoms in total. The number of hydrogen-bond donors (Lipinski definition) is 1. The van der Waals surface area contributed by atoms with Gasteiger partial charge in [-0.05, 0) is 50.9 Å². The van der Waals surface area contributed by atoms with Crippen LogP contribution in [0.2, 0.25) is 0 Å². The molecule has 1 aromatic carbocycles. The molecular weight excluding hydrogens is 278 g/mol. The van der Waals surface area contributed by atoms with E-state index in [-0.39, 0.29) is 18.4 Å². The lowest BCUT2D eigenvalue weighted by Gasteiger charge is -2.23. The summed E-state index contributed by atoms with van der Waals surface area (Å²) in [7, 11) is 0. The van der Waals surface area contributed by atoms with Gasteiger partial charge in [0.25, 0.3) is 0 Å². The summed E-state index contributed by atoms with van der Waals surface area (Å²) >= 11 is 0. The van der Waals surface area contributed by atoms with Crippen LogP contribution in [0, 0.1) is 5.92 Å². The third-order valence-electron chi connectivity index (χ3n) is 3.32. The maximum absolute atomic E-state index is 11.8. The van der Waals surface area contributed by atoms with E-state index in [2.05, 4.69) is 5.32 Å². The predicted octanol–water partition coefficient (Wildman–Crippen LogP) is 2.66. The molecule has 5 heteroatoms. The van der Waals surface area contributed by atoms with Crippen molar-refractivity contribution in [1.29, 1.82) is 0 Å². The van der Waals surface area contributed by atoms with Gasteiger partial charge in [0.05, 0.1) is 13.2 Å². The third-order valence-corrected chi connectivity index (χ3v) is 3.32. The fraction of sp³-hybridized carbons (Fsp3) is 0.533. The van der Waals surface area contributed by atoms with E-state index < -0.39 is 0 Å². The van der Waals surface area contributed by atoms with Gasteiger partial charge in [0.15, 0.2) is 0 Å². The Kier molecular flexibility index (Phi) is 7.41. The zero-order valence-electron chi connectivity index (χ0n) is 11.8. The van der Waals surface area contributed by atoms with Crippen LogP contribution in [-0.4, -0.2) is 32.3 Å². The number of benzene rings is 1. The van der Waals surface area contributed by atoms with Gasteiger partial charge in [-0.2, -0.15) is 0 Å². The summed E-state index contributed by atoms with van der Waals surface area (Å²) in [5, 5.41) is 3.33. The molecule has 2 rings (SSSR count). The summed E-state index contributed by atoms with van der Waals surface area (Å²) in [5.41, 5.74) is 0.512. The summed E-state index contributed by atoms with van der Waals surface area (Å²) in [6.45, 7) is 4.94. The van der Waals surface area contributed by atoms with Crippen LogP contribution < -0.4 is 10.1 Å². The van der Waals surface area contributed by atoms with E-state index in [0.717, 1.165) is 25.9 Å². The number of carbonyl (C=O) groups excluding carboxylic acids is 1. The molecule has 1 saturated heterocycles. The molecule has 0 aliphatic carbocycles. The summed E-state index contributed by atoms with van der Waals surface area (Å²) in [5.74, 6) is 0.874. The van der Waals surface area contributed by atoms with Gasteiger partial charge in [-0.25, -0.2) is 4.79 Å². The molecule has 1 heterocycles. The molecule has 1 aromatic rings. The molecule has 112 valence electrons. The Labute approximate surface area is 126 Å². The number of nitrogens with one attached hydrogen (secondary N) is 1. The van der Waals surface area contributed by atoms with Gasteiger partial charge < -0.3 is 14.8 Å². The van der Waals surface area contributed by atoms with E-state index in [4.69, 9.17) is 9.47 Å².